The van der Waals surface area contributed by atoms with Gasteiger partial charge in [-0.25, -0.2) is 0 Å². The fourth-order valence-electron chi connectivity index (χ4n) is 4.70. The first-order valence-corrected chi connectivity index (χ1v) is 12.4. The number of carbonyl (C=O) groups excluding carboxylic acids is 3. The molecular weight excluding hydrogens is 426 g/mol. The van der Waals surface area contributed by atoms with Gasteiger partial charge in [0.25, 0.3) is 5.91 Å². The van der Waals surface area contributed by atoms with Crippen LogP contribution in [0.15, 0.2) is 24.3 Å². The highest BCUT2D eigenvalue weighted by atomic mass is 35.5. The van der Waals surface area contributed by atoms with Gasteiger partial charge in [-0.3, -0.25) is 14.4 Å². The summed E-state index contributed by atoms with van der Waals surface area (Å²) >= 11 is 6.01. The molecule has 1 aliphatic carbocycles. The monoisotopic (exact) mass is 461 g/mol. The fourth-order valence-corrected chi connectivity index (χ4v) is 4.89. The van der Waals surface area contributed by atoms with Crippen LogP contribution in [0.4, 0.5) is 0 Å². The number of benzene rings is 1. The molecule has 2 atom stereocenters. The molecule has 2 unspecified atom stereocenters. The Kier molecular flexibility index (Phi) is 8.97. The summed E-state index contributed by atoms with van der Waals surface area (Å²) in [5.41, 5.74) is 0.441. The van der Waals surface area contributed by atoms with Gasteiger partial charge in [0.15, 0.2) is 0 Å². The molecule has 1 aromatic rings. The highest BCUT2D eigenvalue weighted by Gasteiger charge is 2.33. The van der Waals surface area contributed by atoms with Gasteiger partial charge in [0, 0.05) is 43.2 Å². The van der Waals surface area contributed by atoms with E-state index in [4.69, 9.17) is 11.6 Å². The van der Waals surface area contributed by atoms with Gasteiger partial charge in [0.1, 0.15) is 6.04 Å². The number of carbonyl (C=O) groups is 3. The van der Waals surface area contributed by atoms with E-state index in [0.29, 0.717) is 49.1 Å². The zero-order valence-corrected chi connectivity index (χ0v) is 20.1. The lowest BCUT2D eigenvalue weighted by molar-refractivity contribution is -0.141. The highest BCUT2D eigenvalue weighted by Crippen LogP contribution is 2.28. The number of nitrogens with zero attached hydrogens (tertiary/aromatic N) is 2. The normalized spacial score (nSPS) is 19.0. The van der Waals surface area contributed by atoms with Crippen molar-refractivity contribution in [3.8, 4) is 0 Å². The summed E-state index contributed by atoms with van der Waals surface area (Å²) in [6.45, 7) is 6.12. The molecule has 0 aromatic heterocycles. The number of rotatable bonds is 8. The minimum atomic E-state index is -0.601. The Hall–Kier alpha value is -2.08. The molecule has 32 heavy (non-hydrogen) atoms. The molecule has 1 aromatic carbocycles. The van der Waals surface area contributed by atoms with Crippen molar-refractivity contribution in [2.75, 3.05) is 26.2 Å². The van der Waals surface area contributed by atoms with Crippen LogP contribution in [-0.2, 0) is 9.59 Å². The molecule has 1 saturated heterocycles. The third-order valence-electron chi connectivity index (χ3n) is 7.04. The van der Waals surface area contributed by atoms with Crippen LogP contribution < -0.4 is 5.32 Å². The van der Waals surface area contributed by atoms with Crippen molar-refractivity contribution in [2.24, 2.45) is 11.8 Å². The second-order valence-electron chi connectivity index (χ2n) is 9.24. The molecule has 3 rings (SSSR count). The molecule has 1 saturated carbocycles. The maximum absolute atomic E-state index is 13.3. The zero-order valence-electron chi connectivity index (χ0n) is 19.3. The Balaban J connectivity index is 1.54. The number of piperazine rings is 1. The van der Waals surface area contributed by atoms with Crippen molar-refractivity contribution in [1.82, 2.24) is 15.1 Å². The summed E-state index contributed by atoms with van der Waals surface area (Å²) in [7, 11) is 0. The number of nitrogens with one attached hydrogen (secondary N) is 1. The van der Waals surface area contributed by atoms with E-state index in [9.17, 15) is 14.4 Å². The van der Waals surface area contributed by atoms with Gasteiger partial charge in [-0.15, -0.1) is 0 Å². The minimum Gasteiger partial charge on any atom is -0.340 e. The molecule has 1 aliphatic heterocycles. The van der Waals surface area contributed by atoms with Crippen LogP contribution in [0.3, 0.4) is 0 Å². The number of amides is 3. The molecule has 1 heterocycles. The third kappa shape index (κ3) is 6.47. The molecule has 0 radical (unpaired) electrons. The lowest BCUT2D eigenvalue weighted by Crippen LogP contribution is -2.57. The van der Waals surface area contributed by atoms with Gasteiger partial charge in [-0.1, -0.05) is 63.6 Å². The van der Waals surface area contributed by atoms with Crippen LogP contribution >= 0.6 is 11.6 Å². The van der Waals surface area contributed by atoms with E-state index in [1.165, 1.54) is 25.7 Å². The second-order valence-corrected chi connectivity index (χ2v) is 9.68. The van der Waals surface area contributed by atoms with Crippen molar-refractivity contribution < 1.29 is 14.4 Å². The topological polar surface area (TPSA) is 69.7 Å². The van der Waals surface area contributed by atoms with Crippen molar-refractivity contribution in [3.63, 3.8) is 0 Å². The van der Waals surface area contributed by atoms with Crippen LogP contribution in [0.2, 0.25) is 5.02 Å². The SMILES string of the molecule is CCC(C)C(NC(=O)c1cccc(Cl)c1)C(=O)N1CCN(C(=O)CCC2CCCC2)CC1. The summed E-state index contributed by atoms with van der Waals surface area (Å²) in [4.78, 5) is 42.3. The van der Waals surface area contributed by atoms with Gasteiger partial charge in [0.2, 0.25) is 11.8 Å². The van der Waals surface area contributed by atoms with E-state index in [2.05, 4.69) is 5.32 Å². The van der Waals surface area contributed by atoms with E-state index in [1.54, 1.807) is 29.2 Å². The Morgan fingerprint density at radius 2 is 1.75 bits per heavy atom. The lowest BCUT2D eigenvalue weighted by atomic mass is 9.97. The summed E-state index contributed by atoms with van der Waals surface area (Å²) in [6, 6.07) is 6.13. The van der Waals surface area contributed by atoms with Crippen LogP contribution in [-0.4, -0.2) is 59.7 Å². The van der Waals surface area contributed by atoms with Crippen molar-refractivity contribution in [1.29, 1.82) is 0 Å². The molecule has 6 nitrogen and oxygen atoms in total. The average molecular weight is 462 g/mol. The smallest absolute Gasteiger partial charge is 0.251 e. The molecule has 0 bridgehead atoms. The van der Waals surface area contributed by atoms with Gasteiger partial charge in [-0.05, 0) is 36.5 Å². The fraction of sp³-hybridized carbons (Fsp3) is 0.640. The molecule has 2 fully saturated rings. The Labute approximate surface area is 196 Å². The summed E-state index contributed by atoms with van der Waals surface area (Å²) in [6.07, 6.45) is 7.48. The summed E-state index contributed by atoms with van der Waals surface area (Å²) < 4.78 is 0. The Morgan fingerprint density at radius 1 is 1.09 bits per heavy atom. The predicted octanol–water partition coefficient (Wildman–Crippen LogP) is 4.13. The molecule has 2 aliphatic rings. The number of hydrogen-bond acceptors (Lipinski definition) is 3. The summed E-state index contributed by atoms with van der Waals surface area (Å²) in [5.74, 6) is 0.536. The number of hydrogen-bond donors (Lipinski definition) is 1. The van der Waals surface area contributed by atoms with Crippen LogP contribution in [0, 0.1) is 11.8 Å². The quantitative estimate of drug-likeness (QED) is 0.632. The van der Waals surface area contributed by atoms with Crippen LogP contribution in [0.25, 0.3) is 0 Å². The van der Waals surface area contributed by atoms with Gasteiger partial charge in [-0.2, -0.15) is 0 Å². The lowest BCUT2D eigenvalue weighted by Gasteiger charge is -2.37. The molecule has 0 spiro atoms. The largest absolute Gasteiger partial charge is 0.340 e. The zero-order chi connectivity index (χ0) is 23.1. The van der Waals surface area contributed by atoms with E-state index in [-0.39, 0.29) is 23.6 Å². The van der Waals surface area contributed by atoms with Gasteiger partial charge in [0.05, 0.1) is 0 Å². The molecule has 176 valence electrons. The van der Waals surface area contributed by atoms with Crippen LogP contribution in [0.5, 0.6) is 0 Å². The Morgan fingerprint density at radius 3 is 2.38 bits per heavy atom. The van der Waals surface area contributed by atoms with Gasteiger partial charge >= 0.3 is 0 Å². The first-order chi connectivity index (χ1) is 15.4. The molecule has 1 N–H and O–H groups in total. The number of halogens is 1. The molecular formula is C25H36ClN3O3. The van der Waals surface area contributed by atoms with E-state index in [1.807, 2.05) is 18.7 Å². The first kappa shape index (κ1) is 24.6. The van der Waals surface area contributed by atoms with Crippen molar-refractivity contribution >= 4 is 29.3 Å². The van der Waals surface area contributed by atoms with Crippen LogP contribution in [0.1, 0.15) is 69.2 Å². The maximum atomic E-state index is 13.3. The van der Waals surface area contributed by atoms with E-state index in [0.717, 1.165) is 12.8 Å². The third-order valence-corrected chi connectivity index (χ3v) is 7.27. The molecule has 3 amide bonds. The maximum Gasteiger partial charge on any atom is 0.251 e. The van der Waals surface area contributed by atoms with Crippen molar-refractivity contribution in [3.05, 3.63) is 34.9 Å². The van der Waals surface area contributed by atoms with Crippen molar-refractivity contribution in [2.45, 2.75) is 64.8 Å². The standard InChI is InChI=1S/C25H36ClN3O3/c1-3-18(2)23(27-24(31)20-9-6-10-21(26)17-20)25(32)29-15-13-28(14-16-29)22(30)12-11-19-7-4-5-8-19/h6,9-10,17-19,23H,3-5,7-8,11-16H2,1-2H3,(H,27,31). The second kappa shape index (κ2) is 11.7. The summed E-state index contributed by atoms with van der Waals surface area (Å²) in [5, 5.41) is 3.41. The average Bonchev–Trinajstić information content (AvgIpc) is 3.33. The van der Waals surface area contributed by atoms with E-state index < -0.39 is 6.04 Å². The predicted molar refractivity (Wildman–Crippen MR) is 127 cm³/mol. The minimum absolute atomic E-state index is 0.00305. The van der Waals surface area contributed by atoms with Gasteiger partial charge < -0.3 is 15.1 Å². The highest BCUT2D eigenvalue weighted by molar-refractivity contribution is 6.31. The van der Waals surface area contributed by atoms with E-state index >= 15 is 0 Å². The first-order valence-electron chi connectivity index (χ1n) is 12.0. The molecule has 7 heteroatoms. The Bertz CT molecular complexity index is 801.